The van der Waals surface area contributed by atoms with Gasteiger partial charge in [-0.05, 0) is 73.4 Å². The van der Waals surface area contributed by atoms with Gasteiger partial charge in [0.25, 0.3) is 0 Å². The monoisotopic (exact) mass is 370 g/mol. The molecule has 1 unspecified atom stereocenters. The van der Waals surface area contributed by atoms with Crippen LogP contribution in [0.15, 0.2) is 85.3 Å². The van der Waals surface area contributed by atoms with Gasteiger partial charge >= 0.3 is 0 Å². The molecule has 0 saturated heterocycles. The van der Waals surface area contributed by atoms with Crippen molar-refractivity contribution in [3.8, 4) is 11.5 Å². The molecule has 0 aliphatic rings. The molecule has 1 atom stereocenters. The highest BCUT2D eigenvalue weighted by Gasteiger charge is 2.07. The fraction of sp³-hybridized carbons (Fsp3) is 0.160. The summed E-state index contributed by atoms with van der Waals surface area (Å²) in [5, 5.41) is 3.44. The van der Waals surface area contributed by atoms with Crippen molar-refractivity contribution in [3.05, 3.63) is 108 Å². The smallest absolute Gasteiger partial charge is 0.145 e. The Balaban J connectivity index is 1.64. The van der Waals surface area contributed by atoms with Crippen LogP contribution in [0.2, 0.25) is 0 Å². The second-order valence-corrected chi connectivity index (χ2v) is 6.88. The van der Waals surface area contributed by atoms with Crippen LogP contribution in [0.1, 0.15) is 35.2 Å². The highest BCUT2D eigenvalue weighted by Crippen LogP contribution is 2.24. The lowest BCUT2D eigenvalue weighted by molar-refractivity contribution is 0.478. The van der Waals surface area contributed by atoms with E-state index >= 15 is 0 Å². The Morgan fingerprint density at radius 1 is 1.07 bits per heavy atom. The van der Waals surface area contributed by atoms with E-state index in [0.717, 1.165) is 22.8 Å². The van der Waals surface area contributed by atoms with Gasteiger partial charge in [0.2, 0.25) is 0 Å². The Bertz CT molecular complexity index is 977. The zero-order chi connectivity index (χ0) is 19.9. The van der Waals surface area contributed by atoms with Crippen molar-refractivity contribution >= 4 is 6.08 Å². The highest BCUT2D eigenvalue weighted by molar-refractivity contribution is 5.57. The first-order chi connectivity index (χ1) is 13.5. The summed E-state index contributed by atoms with van der Waals surface area (Å²) in [6.07, 6.45) is 7.56. The summed E-state index contributed by atoms with van der Waals surface area (Å²) in [6.45, 7) is 10.5. The van der Waals surface area contributed by atoms with Crippen molar-refractivity contribution in [2.45, 2.75) is 26.8 Å². The molecular formula is C25H26N2O. The van der Waals surface area contributed by atoms with E-state index in [1.807, 2.05) is 36.4 Å². The molecule has 1 aromatic heterocycles. The predicted molar refractivity (Wildman–Crippen MR) is 116 cm³/mol. The summed E-state index contributed by atoms with van der Waals surface area (Å²) in [5.74, 6) is 1.51. The number of nitrogens with zero attached hydrogens (tertiary/aromatic N) is 1. The second kappa shape index (κ2) is 9.05. The molecule has 0 spiro atoms. The van der Waals surface area contributed by atoms with Crippen LogP contribution in [0.3, 0.4) is 0 Å². The predicted octanol–water partition coefficient (Wildman–Crippen LogP) is 6.37. The number of allylic oxidation sites excluding steroid dienone is 1. The third-order valence-corrected chi connectivity index (χ3v) is 4.74. The first-order valence-electron chi connectivity index (χ1n) is 9.40. The molecule has 2 aromatic carbocycles. The van der Waals surface area contributed by atoms with Gasteiger partial charge in [0, 0.05) is 17.9 Å². The average molecular weight is 370 g/mol. The minimum Gasteiger partial charge on any atom is -0.456 e. The van der Waals surface area contributed by atoms with Gasteiger partial charge in [-0.2, -0.15) is 0 Å². The maximum absolute atomic E-state index is 5.88. The molecule has 3 heteroatoms. The number of aryl methyl sites for hydroxylation is 1. The molecule has 142 valence electrons. The lowest BCUT2D eigenvalue weighted by Crippen LogP contribution is -2.16. The summed E-state index contributed by atoms with van der Waals surface area (Å²) >= 11 is 0. The molecular weight excluding hydrogens is 344 g/mol. The van der Waals surface area contributed by atoms with Crippen molar-refractivity contribution in [1.82, 2.24) is 10.3 Å². The van der Waals surface area contributed by atoms with Crippen LogP contribution in [-0.4, -0.2) is 4.98 Å². The van der Waals surface area contributed by atoms with Gasteiger partial charge < -0.3 is 10.1 Å². The van der Waals surface area contributed by atoms with Gasteiger partial charge in [-0.25, -0.2) is 0 Å². The summed E-state index contributed by atoms with van der Waals surface area (Å²) in [6, 6.07) is 18.2. The number of hydrogen-bond acceptors (Lipinski definition) is 3. The number of ether oxygens (including phenoxy) is 1. The molecule has 0 saturated carbocycles. The van der Waals surface area contributed by atoms with Crippen LogP contribution in [0.5, 0.6) is 11.5 Å². The Morgan fingerprint density at radius 2 is 1.86 bits per heavy atom. The second-order valence-electron chi connectivity index (χ2n) is 6.88. The van der Waals surface area contributed by atoms with E-state index in [0.29, 0.717) is 0 Å². The molecule has 1 N–H and O–H groups in total. The van der Waals surface area contributed by atoms with E-state index < -0.39 is 0 Å². The minimum atomic E-state index is 0.105. The average Bonchev–Trinajstić information content (AvgIpc) is 2.70. The van der Waals surface area contributed by atoms with E-state index in [-0.39, 0.29) is 6.04 Å². The quantitative estimate of drug-likeness (QED) is 0.491. The third kappa shape index (κ3) is 5.10. The lowest BCUT2D eigenvalue weighted by Gasteiger charge is -2.17. The van der Waals surface area contributed by atoms with Crippen molar-refractivity contribution in [2.24, 2.45) is 0 Å². The van der Waals surface area contributed by atoms with Gasteiger partial charge in [0.15, 0.2) is 0 Å². The largest absolute Gasteiger partial charge is 0.456 e. The zero-order valence-electron chi connectivity index (χ0n) is 16.6. The molecule has 0 fully saturated rings. The van der Waals surface area contributed by atoms with E-state index in [9.17, 15) is 0 Å². The van der Waals surface area contributed by atoms with Gasteiger partial charge in [-0.15, -0.1) is 0 Å². The van der Waals surface area contributed by atoms with Gasteiger partial charge in [0.05, 0.1) is 6.20 Å². The Hall–Kier alpha value is -3.33. The topological polar surface area (TPSA) is 34.1 Å². The van der Waals surface area contributed by atoms with Crippen LogP contribution in [0, 0.1) is 13.8 Å². The standard InChI is InChI=1S/C25H26N2O/c1-18-8-5-9-22(20(18)3)14-13-19(2)27-21(4)23-10-6-11-24(16-23)28-25-12-7-15-26-17-25/h5-17,21,27H,2H2,1,3-4H3/b14-13+. The molecule has 0 bridgehead atoms. The Morgan fingerprint density at radius 3 is 2.64 bits per heavy atom. The summed E-state index contributed by atoms with van der Waals surface area (Å²) in [7, 11) is 0. The number of pyridine rings is 1. The van der Waals surface area contributed by atoms with Crippen molar-refractivity contribution < 1.29 is 4.74 Å². The van der Waals surface area contributed by atoms with Crippen LogP contribution in [-0.2, 0) is 0 Å². The van der Waals surface area contributed by atoms with Crippen molar-refractivity contribution in [1.29, 1.82) is 0 Å². The maximum atomic E-state index is 5.88. The molecule has 3 rings (SSSR count). The van der Waals surface area contributed by atoms with Crippen molar-refractivity contribution in [2.75, 3.05) is 0 Å². The maximum Gasteiger partial charge on any atom is 0.145 e. The minimum absolute atomic E-state index is 0.105. The Kier molecular flexibility index (Phi) is 6.28. The number of hydrogen-bond donors (Lipinski definition) is 1. The van der Waals surface area contributed by atoms with Gasteiger partial charge in [0.1, 0.15) is 11.5 Å². The van der Waals surface area contributed by atoms with E-state index in [4.69, 9.17) is 4.74 Å². The van der Waals surface area contributed by atoms with Crippen LogP contribution in [0.4, 0.5) is 0 Å². The number of rotatable bonds is 7. The van der Waals surface area contributed by atoms with E-state index in [1.54, 1.807) is 12.4 Å². The SMILES string of the molecule is C=C(/C=C/c1cccc(C)c1C)NC(C)c1cccc(Oc2cccnc2)c1. The molecule has 0 amide bonds. The summed E-state index contributed by atoms with van der Waals surface area (Å²) in [5.41, 5.74) is 5.79. The third-order valence-electron chi connectivity index (χ3n) is 4.74. The molecule has 3 nitrogen and oxygen atoms in total. The summed E-state index contributed by atoms with van der Waals surface area (Å²) in [4.78, 5) is 4.08. The molecule has 3 aromatic rings. The van der Waals surface area contributed by atoms with E-state index in [1.165, 1.54) is 16.7 Å². The molecule has 1 heterocycles. The van der Waals surface area contributed by atoms with Crippen LogP contribution >= 0.6 is 0 Å². The zero-order valence-corrected chi connectivity index (χ0v) is 16.6. The van der Waals surface area contributed by atoms with Crippen molar-refractivity contribution in [3.63, 3.8) is 0 Å². The first kappa shape index (κ1) is 19.4. The molecule has 28 heavy (non-hydrogen) atoms. The highest BCUT2D eigenvalue weighted by atomic mass is 16.5. The van der Waals surface area contributed by atoms with Gasteiger partial charge in [-0.3, -0.25) is 4.98 Å². The fourth-order valence-corrected chi connectivity index (χ4v) is 2.95. The van der Waals surface area contributed by atoms with E-state index in [2.05, 4.69) is 68.0 Å². The summed E-state index contributed by atoms with van der Waals surface area (Å²) < 4.78 is 5.88. The van der Waals surface area contributed by atoms with Gasteiger partial charge in [-0.1, -0.05) is 43.0 Å². The normalized spacial score (nSPS) is 12.0. The number of aromatic nitrogens is 1. The Labute approximate surface area is 167 Å². The number of benzene rings is 2. The fourth-order valence-electron chi connectivity index (χ4n) is 2.95. The van der Waals surface area contributed by atoms with Crippen LogP contribution in [0.25, 0.3) is 6.08 Å². The first-order valence-corrected chi connectivity index (χ1v) is 9.40. The molecule has 0 radical (unpaired) electrons. The lowest BCUT2D eigenvalue weighted by atomic mass is 10.0. The van der Waals surface area contributed by atoms with Crippen LogP contribution < -0.4 is 10.1 Å². The number of nitrogens with one attached hydrogen (secondary N) is 1. The molecule has 0 aliphatic heterocycles. The molecule has 0 aliphatic carbocycles.